The second-order valence-electron chi connectivity index (χ2n) is 2.59. The second kappa shape index (κ2) is 2.35. The van der Waals surface area contributed by atoms with Gasteiger partial charge in [0.15, 0.2) is 12.4 Å². The number of aliphatic hydroxyl groups is 1. The number of rotatable bonds is 0. The molecule has 2 rings (SSSR count). The van der Waals surface area contributed by atoms with E-state index in [9.17, 15) is 4.79 Å². The maximum atomic E-state index is 10.5. The predicted molar refractivity (Wildman–Crippen MR) is 31.7 cm³/mol. The van der Waals surface area contributed by atoms with Crippen molar-refractivity contribution in [2.24, 2.45) is 0 Å². The first-order valence-electron chi connectivity index (χ1n) is 3.42. The van der Waals surface area contributed by atoms with Gasteiger partial charge in [-0.2, -0.15) is 0 Å². The highest BCUT2D eigenvalue weighted by molar-refractivity contribution is 5.62. The molecule has 1 N–H and O–H groups in total. The van der Waals surface area contributed by atoms with Crippen LogP contribution in [0, 0.1) is 0 Å². The summed E-state index contributed by atoms with van der Waals surface area (Å²) in [5.74, 6) is 0. The molecule has 0 amide bonds. The van der Waals surface area contributed by atoms with Gasteiger partial charge in [-0.15, -0.1) is 0 Å². The quantitative estimate of drug-likeness (QED) is 0.490. The van der Waals surface area contributed by atoms with Gasteiger partial charge in [0.2, 0.25) is 0 Å². The van der Waals surface area contributed by atoms with Gasteiger partial charge in [0.05, 0.1) is 6.61 Å². The average molecular weight is 160 g/mol. The molecule has 3 atom stereocenters. The molecule has 1 unspecified atom stereocenters. The normalized spacial score (nSPS) is 42.6. The third-order valence-electron chi connectivity index (χ3n) is 1.80. The van der Waals surface area contributed by atoms with Crippen molar-refractivity contribution in [3.05, 3.63) is 0 Å². The van der Waals surface area contributed by atoms with E-state index in [1.54, 1.807) is 0 Å². The predicted octanol–water partition coefficient (Wildman–Crippen LogP) is -0.371. The van der Waals surface area contributed by atoms with Gasteiger partial charge in [-0.05, 0) is 0 Å². The number of aliphatic hydroxyl groups excluding tert-OH is 1. The summed E-state index contributed by atoms with van der Waals surface area (Å²) in [7, 11) is 0. The molecule has 0 bridgehead atoms. The fourth-order valence-electron chi connectivity index (χ4n) is 1.24. The standard InChI is InChI=1S/C6H8O5/c7-5-1-3-4(2-9-5)11-6(8)10-3/h3-5,7H,1-2H2/t3-,4+,5?/m1/s1. The minimum absolute atomic E-state index is 0.220. The van der Waals surface area contributed by atoms with Crippen molar-refractivity contribution in [3.8, 4) is 0 Å². The smallest absolute Gasteiger partial charge is 0.427 e. The van der Waals surface area contributed by atoms with Crippen molar-refractivity contribution in [2.75, 3.05) is 6.61 Å². The number of hydrogen-bond donors (Lipinski definition) is 1. The molecule has 11 heavy (non-hydrogen) atoms. The second-order valence-corrected chi connectivity index (χ2v) is 2.59. The molecule has 0 saturated carbocycles. The van der Waals surface area contributed by atoms with Crippen LogP contribution in [0.4, 0.5) is 4.79 Å². The van der Waals surface area contributed by atoms with Crippen molar-refractivity contribution in [1.29, 1.82) is 0 Å². The van der Waals surface area contributed by atoms with Gasteiger partial charge in [0, 0.05) is 6.42 Å². The van der Waals surface area contributed by atoms with Crippen LogP contribution in [-0.2, 0) is 14.2 Å². The first-order valence-corrected chi connectivity index (χ1v) is 3.42. The Balaban J connectivity index is 2.02. The Bertz CT molecular complexity index is 180. The topological polar surface area (TPSA) is 65.0 Å². The molecule has 0 aliphatic carbocycles. The summed E-state index contributed by atoms with van der Waals surface area (Å²) in [6.07, 6.45) is -1.85. The van der Waals surface area contributed by atoms with Gasteiger partial charge in [-0.25, -0.2) is 4.79 Å². The third kappa shape index (κ3) is 1.17. The van der Waals surface area contributed by atoms with Crippen LogP contribution in [0.1, 0.15) is 6.42 Å². The highest BCUT2D eigenvalue weighted by Gasteiger charge is 2.41. The van der Waals surface area contributed by atoms with Crippen molar-refractivity contribution in [2.45, 2.75) is 24.9 Å². The van der Waals surface area contributed by atoms with E-state index in [0.29, 0.717) is 6.42 Å². The van der Waals surface area contributed by atoms with E-state index >= 15 is 0 Å². The van der Waals surface area contributed by atoms with Gasteiger partial charge >= 0.3 is 6.16 Å². The van der Waals surface area contributed by atoms with Crippen LogP contribution < -0.4 is 0 Å². The molecule has 0 aromatic carbocycles. The zero-order valence-corrected chi connectivity index (χ0v) is 5.73. The van der Waals surface area contributed by atoms with E-state index in [2.05, 4.69) is 0 Å². The Morgan fingerprint density at radius 2 is 2.09 bits per heavy atom. The zero-order chi connectivity index (χ0) is 7.84. The first kappa shape index (κ1) is 6.87. The van der Waals surface area contributed by atoms with Gasteiger partial charge < -0.3 is 19.3 Å². The molecule has 2 aliphatic rings. The fourth-order valence-corrected chi connectivity index (χ4v) is 1.24. The van der Waals surface area contributed by atoms with Gasteiger partial charge in [0.25, 0.3) is 0 Å². The Hall–Kier alpha value is -0.810. The van der Waals surface area contributed by atoms with Crippen LogP contribution in [0.3, 0.4) is 0 Å². The molecule has 2 heterocycles. The first-order chi connectivity index (χ1) is 5.25. The van der Waals surface area contributed by atoms with Crippen molar-refractivity contribution in [3.63, 3.8) is 0 Å². The van der Waals surface area contributed by atoms with Crippen molar-refractivity contribution in [1.82, 2.24) is 0 Å². The molecule has 2 fully saturated rings. The van der Waals surface area contributed by atoms with Crippen LogP contribution in [-0.4, -0.2) is 36.4 Å². The van der Waals surface area contributed by atoms with Crippen molar-refractivity contribution < 1.29 is 24.1 Å². The summed E-state index contributed by atoms with van der Waals surface area (Å²) in [5, 5.41) is 8.97. The number of hydrogen-bond acceptors (Lipinski definition) is 5. The summed E-state index contributed by atoms with van der Waals surface area (Å²) in [4.78, 5) is 10.5. The van der Waals surface area contributed by atoms with Crippen LogP contribution in [0.5, 0.6) is 0 Å². The highest BCUT2D eigenvalue weighted by atomic mass is 16.8. The lowest BCUT2D eigenvalue weighted by Gasteiger charge is -2.24. The molecule has 62 valence electrons. The third-order valence-corrected chi connectivity index (χ3v) is 1.80. The summed E-state index contributed by atoms with van der Waals surface area (Å²) < 4.78 is 14.3. The maximum Gasteiger partial charge on any atom is 0.509 e. The number of carbonyl (C=O) groups is 1. The maximum absolute atomic E-state index is 10.5. The molecule has 0 radical (unpaired) electrons. The van der Waals surface area contributed by atoms with E-state index in [4.69, 9.17) is 19.3 Å². The van der Waals surface area contributed by atoms with Crippen LogP contribution in [0.2, 0.25) is 0 Å². The monoisotopic (exact) mass is 160 g/mol. The number of fused-ring (bicyclic) bond motifs is 1. The summed E-state index contributed by atoms with van der Waals surface area (Å²) in [6.45, 7) is 0.220. The molecule has 5 heteroatoms. The van der Waals surface area contributed by atoms with E-state index in [1.165, 1.54) is 0 Å². The Morgan fingerprint density at radius 3 is 2.91 bits per heavy atom. The molecular formula is C6H8O5. The number of ether oxygens (including phenoxy) is 3. The molecule has 0 aromatic heterocycles. The molecular weight excluding hydrogens is 152 g/mol. The molecule has 2 aliphatic heterocycles. The fraction of sp³-hybridized carbons (Fsp3) is 0.833. The highest BCUT2D eigenvalue weighted by Crippen LogP contribution is 2.24. The molecule has 0 spiro atoms. The van der Waals surface area contributed by atoms with Crippen LogP contribution in [0.15, 0.2) is 0 Å². The minimum atomic E-state index is -0.828. The summed E-state index contributed by atoms with van der Waals surface area (Å²) >= 11 is 0. The Morgan fingerprint density at radius 1 is 1.36 bits per heavy atom. The van der Waals surface area contributed by atoms with E-state index < -0.39 is 12.4 Å². The molecule has 0 aromatic rings. The van der Waals surface area contributed by atoms with Gasteiger partial charge in [-0.3, -0.25) is 0 Å². The molecule has 2 saturated heterocycles. The largest absolute Gasteiger partial charge is 0.509 e. The van der Waals surface area contributed by atoms with E-state index in [1.807, 2.05) is 0 Å². The van der Waals surface area contributed by atoms with Gasteiger partial charge in [0.1, 0.15) is 6.10 Å². The number of carbonyl (C=O) groups excluding carboxylic acids is 1. The lowest BCUT2D eigenvalue weighted by Crippen LogP contribution is -2.39. The van der Waals surface area contributed by atoms with Gasteiger partial charge in [-0.1, -0.05) is 0 Å². The average Bonchev–Trinajstić information content (AvgIpc) is 2.27. The Labute approximate surface area is 62.8 Å². The van der Waals surface area contributed by atoms with Crippen LogP contribution >= 0.6 is 0 Å². The van der Waals surface area contributed by atoms with E-state index in [-0.39, 0.29) is 18.8 Å². The SMILES string of the molecule is O=C1O[C@H]2COC(O)C[C@H]2O1. The molecule has 5 nitrogen and oxygen atoms in total. The zero-order valence-electron chi connectivity index (χ0n) is 5.73. The summed E-state index contributed by atoms with van der Waals surface area (Å²) in [5.41, 5.74) is 0. The lowest BCUT2D eigenvalue weighted by atomic mass is 10.1. The summed E-state index contributed by atoms with van der Waals surface area (Å²) in [6, 6.07) is 0. The van der Waals surface area contributed by atoms with E-state index in [0.717, 1.165) is 0 Å². The van der Waals surface area contributed by atoms with Crippen molar-refractivity contribution >= 4 is 6.16 Å². The lowest BCUT2D eigenvalue weighted by molar-refractivity contribution is -0.166. The van der Waals surface area contributed by atoms with Crippen LogP contribution in [0.25, 0.3) is 0 Å². The minimum Gasteiger partial charge on any atom is -0.427 e. The Kier molecular flexibility index (Phi) is 1.47.